The van der Waals surface area contributed by atoms with Crippen molar-refractivity contribution >= 4 is 23.0 Å². The van der Waals surface area contributed by atoms with Gasteiger partial charge >= 0.3 is 0 Å². The Balaban J connectivity index is 1.58. The number of nitrogens with two attached hydrogens (primary N) is 1. The van der Waals surface area contributed by atoms with E-state index in [0.29, 0.717) is 5.69 Å². The van der Waals surface area contributed by atoms with Gasteiger partial charge in [0, 0.05) is 19.8 Å². The van der Waals surface area contributed by atoms with Crippen LogP contribution in [0.2, 0.25) is 0 Å². The second-order valence-corrected chi connectivity index (χ2v) is 4.89. The molecule has 0 bridgehead atoms. The van der Waals surface area contributed by atoms with Crippen LogP contribution in [0.25, 0.3) is 0 Å². The highest BCUT2D eigenvalue weighted by atomic mass is 32.1. The summed E-state index contributed by atoms with van der Waals surface area (Å²) in [7, 11) is 0. The van der Waals surface area contributed by atoms with Gasteiger partial charge in [0.2, 0.25) is 0 Å². The average molecular weight is 266 g/mol. The summed E-state index contributed by atoms with van der Waals surface area (Å²) in [5.74, 6) is 1.56. The molecule has 3 N–H and O–H groups in total. The molecule has 1 heterocycles. The second kappa shape index (κ2) is 6.61. The zero-order valence-electron chi connectivity index (χ0n) is 10.3. The van der Waals surface area contributed by atoms with E-state index in [0.717, 1.165) is 37.9 Å². The molecule has 18 heavy (non-hydrogen) atoms. The maximum atomic E-state index is 5.54. The fourth-order valence-corrected chi connectivity index (χ4v) is 1.58. The van der Waals surface area contributed by atoms with Crippen molar-refractivity contribution in [1.82, 2.24) is 9.97 Å². The van der Waals surface area contributed by atoms with Crippen molar-refractivity contribution in [2.75, 3.05) is 25.1 Å². The van der Waals surface area contributed by atoms with Crippen LogP contribution < -0.4 is 11.1 Å². The molecule has 1 saturated carbocycles. The van der Waals surface area contributed by atoms with Gasteiger partial charge in [0.25, 0.3) is 0 Å². The lowest BCUT2D eigenvalue weighted by Gasteiger charge is -2.06. The Morgan fingerprint density at radius 2 is 2.28 bits per heavy atom. The quantitative estimate of drug-likeness (QED) is 0.546. The lowest BCUT2D eigenvalue weighted by molar-refractivity contribution is 0.124. The van der Waals surface area contributed by atoms with E-state index in [1.54, 1.807) is 12.4 Å². The first kappa shape index (κ1) is 13.2. The van der Waals surface area contributed by atoms with Crippen LogP contribution in [-0.4, -0.2) is 34.7 Å². The molecule has 98 valence electrons. The highest BCUT2D eigenvalue weighted by Crippen LogP contribution is 2.28. The summed E-state index contributed by atoms with van der Waals surface area (Å²) in [6.45, 7) is 2.54. The van der Waals surface area contributed by atoms with Crippen molar-refractivity contribution in [3.8, 4) is 0 Å². The summed E-state index contributed by atoms with van der Waals surface area (Å²) in [4.78, 5) is 8.54. The van der Waals surface area contributed by atoms with Crippen LogP contribution in [0.4, 0.5) is 5.82 Å². The van der Waals surface area contributed by atoms with E-state index < -0.39 is 0 Å². The Bertz CT molecular complexity index is 392. The summed E-state index contributed by atoms with van der Waals surface area (Å²) in [5, 5.41) is 3.18. The predicted octanol–water partition coefficient (Wildman–Crippen LogP) is 1.34. The number of hydrogen-bond donors (Lipinski definition) is 2. The van der Waals surface area contributed by atoms with E-state index in [4.69, 9.17) is 22.7 Å². The van der Waals surface area contributed by atoms with E-state index >= 15 is 0 Å². The molecule has 0 spiro atoms. The van der Waals surface area contributed by atoms with Crippen molar-refractivity contribution < 1.29 is 4.74 Å². The Morgan fingerprint density at radius 3 is 2.89 bits per heavy atom. The van der Waals surface area contributed by atoms with Gasteiger partial charge in [-0.1, -0.05) is 12.2 Å². The van der Waals surface area contributed by atoms with Gasteiger partial charge in [-0.25, -0.2) is 9.97 Å². The number of hydrogen-bond acceptors (Lipinski definition) is 5. The molecule has 0 amide bonds. The Labute approximate surface area is 112 Å². The van der Waals surface area contributed by atoms with E-state index in [1.165, 1.54) is 12.8 Å². The van der Waals surface area contributed by atoms with E-state index in [1.807, 2.05) is 0 Å². The Morgan fingerprint density at radius 1 is 1.44 bits per heavy atom. The molecule has 1 fully saturated rings. The Hall–Kier alpha value is -1.27. The molecule has 0 radical (unpaired) electrons. The monoisotopic (exact) mass is 266 g/mol. The van der Waals surface area contributed by atoms with Gasteiger partial charge in [-0.05, 0) is 25.2 Å². The maximum Gasteiger partial charge on any atom is 0.144 e. The number of nitrogens with one attached hydrogen (secondary N) is 1. The van der Waals surface area contributed by atoms with Crippen molar-refractivity contribution in [3.63, 3.8) is 0 Å². The highest BCUT2D eigenvalue weighted by molar-refractivity contribution is 7.80. The molecule has 1 aliphatic rings. The third-order valence-electron chi connectivity index (χ3n) is 2.73. The predicted molar refractivity (Wildman–Crippen MR) is 74.6 cm³/mol. The third-order valence-corrected chi connectivity index (χ3v) is 2.94. The number of anilines is 1. The summed E-state index contributed by atoms with van der Waals surface area (Å²) in [6.07, 6.45) is 6.85. The highest BCUT2D eigenvalue weighted by Gasteiger charge is 2.20. The molecule has 0 atom stereocenters. The minimum absolute atomic E-state index is 0.266. The second-order valence-electron chi connectivity index (χ2n) is 4.45. The van der Waals surface area contributed by atoms with Crippen molar-refractivity contribution in [3.05, 3.63) is 18.1 Å². The smallest absolute Gasteiger partial charge is 0.144 e. The third kappa shape index (κ3) is 4.54. The molecule has 0 aromatic carbocycles. The summed E-state index contributed by atoms with van der Waals surface area (Å²) in [5.41, 5.74) is 5.99. The van der Waals surface area contributed by atoms with Crippen LogP contribution >= 0.6 is 12.2 Å². The van der Waals surface area contributed by atoms with Crippen molar-refractivity contribution in [1.29, 1.82) is 0 Å². The minimum Gasteiger partial charge on any atom is -0.388 e. The first-order valence-electron chi connectivity index (χ1n) is 6.19. The standard InChI is InChI=1S/C12H18N4OS/c13-12(18)10-6-16-11(7-15-10)14-4-1-5-17-8-9-2-3-9/h6-7,9H,1-5,8H2,(H2,13,18)(H,14,16). The number of aromatic nitrogens is 2. The number of nitrogens with zero attached hydrogens (tertiary/aromatic N) is 2. The van der Waals surface area contributed by atoms with Gasteiger partial charge in [0.05, 0.1) is 12.4 Å². The number of rotatable bonds is 8. The molecule has 5 nitrogen and oxygen atoms in total. The molecule has 0 unspecified atom stereocenters. The molecule has 1 aliphatic carbocycles. The van der Waals surface area contributed by atoms with Gasteiger partial charge in [-0.3, -0.25) is 0 Å². The van der Waals surface area contributed by atoms with E-state index in [9.17, 15) is 0 Å². The molecule has 6 heteroatoms. The molecule has 2 rings (SSSR count). The van der Waals surface area contributed by atoms with Gasteiger partial charge < -0.3 is 15.8 Å². The first-order valence-corrected chi connectivity index (χ1v) is 6.60. The van der Waals surface area contributed by atoms with Crippen LogP contribution in [0.3, 0.4) is 0 Å². The lowest BCUT2D eigenvalue weighted by atomic mass is 10.4. The molecular weight excluding hydrogens is 248 g/mol. The normalized spacial score (nSPS) is 14.4. The fourth-order valence-electron chi connectivity index (χ4n) is 1.47. The van der Waals surface area contributed by atoms with Crippen LogP contribution in [-0.2, 0) is 4.74 Å². The largest absolute Gasteiger partial charge is 0.388 e. The number of thiocarbonyl (C=S) groups is 1. The summed E-state index contributed by atoms with van der Waals surface area (Å²) < 4.78 is 5.54. The molecule has 0 saturated heterocycles. The fraction of sp³-hybridized carbons (Fsp3) is 0.583. The van der Waals surface area contributed by atoms with Gasteiger partial charge in [0.1, 0.15) is 16.5 Å². The summed E-state index contributed by atoms with van der Waals surface area (Å²) >= 11 is 4.80. The average Bonchev–Trinajstić information content (AvgIpc) is 3.18. The van der Waals surface area contributed by atoms with E-state index in [-0.39, 0.29) is 4.99 Å². The SMILES string of the molecule is NC(=S)c1cnc(NCCCOCC2CC2)cn1. The van der Waals surface area contributed by atoms with Crippen molar-refractivity contribution in [2.45, 2.75) is 19.3 Å². The van der Waals surface area contributed by atoms with Gasteiger partial charge in [-0.15, -0.1) is 0 Å². The van der Waals surface area contributed by atoms with Crippen LogP contribution in [0.1, 0.15) is 25.0 Å². The van der Waals surface area contributed by atoms with E-state index in [2.05, 4.69) is 15.3 Å². The molecular formula is C12H18N4OS. The topological polar surface area (TPSA) is 73.1 Å². The van der Waals surface area contributed by atoms with Crippen molar-refractivity contribution in [2.24, 2.45) is 11.7 Å². The van der Waals surface area contributed by atoms with Gasteiger partial charge in [0.15, 0.2) is 0 Å². The zero-order chi connectivity index (χ0) is 12.8. The molecule has 1 aromatic heterocycles. The Kier molecular flexibility index (Phi) is 4.83. The summed E-state index contributed by atoms with van der Waals surface area (Å²) in [6, 6.07) is 0. The van der Waals surface area contributed by atoms with Crippen LogP contribution in [0.15, 0.2) is 12.4 Å². The van der Waals surface area contributed by atoms with Gasteiger partial charge in [-0.2, -0.15) is 0 Å². The number of ether oxygens (including phenoxy) is 1. The minimum atomic E-state index is 0.266. The molecule has 0 aliphatic heterocycles. The van der Waals surface area contributed by atoms with Crippen LogP contribution in [0, 0.1) is 5.92 Å². The molecule has 1 aromatic rings. The first-order chi connectivity index (χ1) is 8.75. The maximum absolute atomic E-state index is 5.54. The zero-order valence-corrected chi connectivity index (χ0v) is 11.1. The lowest BCUT2D eigenvalue weighted by Crippen LogP contribution is -2.13. The van der Waals surface area contributed by atoms with Crippen LogP contribution in [0.5, 0.6) is 0 Å².